The molecule has 1 fully saturated rings. The lowest BCUT2D eigenvalue weighted by Gasteiger charge is -2.46. The first kappa shape index (κ1) is 19.4. The maximum Gasteiger partial charge on any atom is 0.248 e. The van der Waals surface area contributed by atoms with Crippen LogP contribution in [0, 0.1) is 13.8 Å². The zero-order valence-corrected chi connectivity index (χ0v) is 17.2. The van der Waals surface area contributed by atoms with E-state index in [1.807, 2.05) is 26.0 Å². The number of anilines is 2. The minimum Gasteiger partial charge on any atom is -0.437 e. The van der Waals surface area contributed by atoms with Crippen molar-refractivity contribution in [3.05, 3.63) is 35.7 Å². The predicted molar refractivity (Wildman–Crippen MR) is 110 cm³/mol. The van der Waals surface area contributed by atoms with E-state index in [1.54, 1.807) is 0 Å². The first-order chi connectivity index (χ1) is 12.5. The van der Waals surface area contributed by atoms with Gasteiger partial charge in [-0.25, -0.2) is 4.98 Å². The van der Waals surface area contributed by atoms with Crippen molar-refractivity contribution in [2.45, 2.75) is 71.5 Å². The van der Waals surface area contributed by atoms with Crippen LogP contribution < -0.4 is 21.1 Å². The van der Waals surface area contributed by atoms with Crippen molar-refractivity contribution >= 4 is 11.5 Å². The molecule has 0 amide bonds. The average Bonchev–Trinajstić information content (AvgIpc) is 2.47. The summed E-state index contributed by atoms with van der Waals surface area (Å²) in [4.78, 5) is 8.59. The van der Waals surface area contributed by atoms with Crippen LogP contribution in [0.1, 0.15) is 51.7 Å². The lowest BCUT2D eigenvalue weighted by Crippen LogP contribution is -2.60. The van der Waals surface area contributed by atoms with Gasteiger partial charge in [-0.1, -0.05) is 6.07 Å². The highest BCUT2D eigenvalue weighted by Crippen LogP contribution is 2.34. The van der Waals surface area contributed by atoms with Crippen LogP contribution in [0.2, 0.25) is 0 Å². The summed E-state index contributed by atoms with van der Waals surface area (Å²) in [7, 11) is 0. The van der Waals surface area contributed by atoms with Crippen LogP contribution in [-0.4, -0.2) is 27.1 Å². The van der Waals surface area contributed by atoms with Gasteiger partial charge >= 0.3 is 0 Å². The van der Waals surface area contributed by atoms with E-state index in [9.17, 15) is 0 Å². The van der Waals surface area contributed by atoms with Gasteiger partial charge in [0.25, 0.3) is 0 Å². The lowest BCUT2D eigenvalue weighted by molar-refractivity contribution is 0.170. The first-order valence-electron chi connectivity index (χ1n) is 9.45. The molecule has 1 aliphatic heterocycles. The molecule has 6 nitrogen and oxygen atoms in total. The predicted octanol–water partition coefficient (Wildman–Crippen LogP) is 4.19. The molecule has 0 spiro atoms. The fourth-order valence-electron chi connectivity index (χ4n) is 4.30. The lowest BCUT2D eigenvalue weighted by atomic mass is 9.79. The van der Waals surface area contributed by atoms with Crippen LogP contribution >= 0.6 is 0 Å². The number of hydrogen-bond donors (Lipinski definition) is 3. The van der Waals surface area contributed by atoms with E-state index in [2.05, 4.69) is 54.4 Å². The Morgan fingerprint density at radius 3 is 2.22 bits per heavy atom. The molecule has 2 heterocycles. The summed E-state index contributed by atoms with van der Waals surface area (Å²) in [5.41, 5.74) is 9.12. The number of aromatic nitrogens is 2. The zero-order valence-electron chi connectivity index (χ0n) is 17.2. The molecule has 1 aromatic carbocycles. The Hall–Kier alpha value is -2.34. The van der Waals surface area contributed by atoms with Crippen LogP contribution in [0.4, 0.5) is 11.5 Å². The van der Waals surface area contributed by atoms with Gasteiger partial charge in [-0.05, 0) is 77.6 Å². The molecule has 0 aliphatic carbocycles. The van der Waals surface area contributed by atoms with Crippen molar-refractivity contribution in [2.24, 2.45) is 0 Å². The van der Waals surface area contributed by atoms with Gasteiger partial charge in [-0.2, -0.15) is 4.98 Å². The normalized spacial score (nSPS) is 18.9. The number of aryl methyl sites for hydroxylation is 2. The van der Waals surface area contributed by atoms with Gasteiger partial charge in [0.05, 0.1) is 0 Å². The fraction of sp³-hybridized carbons (Fsp3) is 0.524. The second kappa shape index (κ2) is 7.00. The fourth-order valence-corrected chi connectivity index (χ4v) is 4.30. The summed E-state index contributed by atoms with van der Waals surface area (Å²) in [6.45, 7) is 13.0. The summed E-state index contributed by atoms with van der Waals surface area (Å²) in [5, 5.41) is 7.20. The highest BCUT2D eigenvalue weighted by Gasteiger charge is 2.38. The van der Waals surface area contributed by atoms with Gasteiger partial charge in [-0.3, -0.25) is 0 Å². The average molecular weight is 370 g/mol. The molecular weight excluding hydrogens is 338 g/mol. The second-order valence-electron chi connectivity index (χ2n) is 9.01. The van der Waals surface area contributed by atoms with Crippen LogP contribution in [0.15, 0.2) is 24.5 Å². The Morgan fingerprint density at radius 1 is 1.04 bits per heavy atom. The first-order valence-corrected chi connectivity index (χ1v) is 9.45. The van der Waals surface area contributed by atoms with Crippen LogP contribution in [0.5, 0.6) is 11.6 Å². The molecule has 0 radical (unpaired) electrons. The molecule has 27 heavy (non-hydrogen) atoms. The number of piperidine rings is 1. The quantitative estimate of drug-likeness (QED) is 0.749. The highest BCUT2D eigenvalue weighted by molar-refractivity contribution is 5.67. The third-order valence-corrected chi connectivity index (χ3v) is 4.79. The molecule has 0 unspecified atom stereocenters. The van der Waals surface area contributed by atoms with Gasteiger partial charge in [0.15, 0.2) is 5.82 Å². The maximum absolute atomic E-state index is 6.33. The molecule has 0 atom stereocenters. The number of nitrogens with two attached hydrogens (primary N) is 1. The monoisotopic (exact) mass is 369 g/mol. The van der Waals surface area contributed by atoms with Gasteiger partial charge < -0.3 is 21.1 Å². The topological polar surface area (TPSA) is 85.1 Å². The molecule has 0 saturated carbocycles. The van der Waals surface area contributed by atoms with E-state index in [0.29, 0.717) is 17.4 Å². The molecule has 1 saturated heterocycles. The summed E-state index contributed by atoms with van der Waals surface area (Å²) < 4.78 is 5.95. The number of hydrogen-bond acceptors (Lipinski definition) is 6. The molecule has 4 N–H and O–H groups in total. The summed E-state index contributed by atoms with van der Waals surface area (Å²) >= 11 is 0. The summed E-state index contributed by atoms with van der Waals surface area (Å²) in [6, 6.07) is 6.31. The third kappa shape index (κ3) is 4.89. The number of benzene rings is 1. The SMILES string of the molecule is Cc1cc(C)cc(Oc2ncnc(NC3CC(C)(C)NC(C)(C)C3)c2N)c1. The highest BCUT2D eigenvalue weighted by atomic mass is 16.5. The van der Waals surface area contributed by atoms with Gasteiger partial charge in [-0.15, -0.1) is 0 Å². The van der Waals surface area contributed by atoms with Gasteiger partial charge in [0, 0.05) is 17.1 Å². The van der Waals surface area contributed by atoms with E-state index >= 15 is 0 Å². The van der Waals surface area contributed by atoms with E-state index in [4.69, 9.17) is 10.5 Å². The Bertz CT molecular complexity index is 795. The van der Waals surface area contributed by atoms with E-state index in [-0.39, 0.29) is 17.1 Å². The van der Waals surface area contributed by atoms with Gasteiger partial charge in [0.1, 0.15) is 17.8 Å². The molecule has 0 bridgehead atoms. The molecule has 3 rings (SSSR count). The molecule has 146 valence electrons. The number of nitrogen functional groups attached to an aromatic ring is 1. The largest absolute Gasteiger partial charge is 0.437 e. The number of rotatable bonds is 4. The molecule has 2 aromatic rings. The van der Waals surface area contributed by atoms with Crippen molar-refractivity contribution in [3.8, 4) is 11.6 Å². The van der Waals surface area contributed by atoms with Gasteiger partial charge in [0.2, 0.25) is 5.88 Å². The van der Waals surface area contributed by atoms with Crippen LogP contribution in [0.25, 0.3) is 0 Å². The van der Waals surface area contributed by atoms with Crippen molar-refractivity contribution in [1.29, 1.82) is 0 Å². The van der Waals surface area contributed by atoms with Crippen molar-refractivity contribution in [2.75, 3.05) is 11.1 Å². The Balaban J connectivity index is 1.80. The van der Waals surface area contributed by atoms with Crippen molar-refractivity contribution in [3.63, 3.8) is 0 Å². The summed E-state index contributed by atoms with van der Waals surface area (Å²) in [6.07, 6.45) is 3.45. The van der Waals surface area contributed by atoms with E-state index in [0.717, 1.165) is 29.7 Å². The second-order valence-corrected chi connectivity index (χ2v) is 9.01. The van der Waals surface area contributed by atoms with E-state index < -0.39 is 0 Å². The summed E-state index contributed by atoms with van der Waals surface area (Å²) in [5.74, 6) is 1.74. The van der Waals surface area contributed by atoms with Crippen LogP contribution in [0.3, 0.4) is 0 Å². The molecule has 6 heteroatoms. The number of nitrogens with zero attached hydrogens (tertiary/aromatic N) is 2. The minimum atomic E-state index is 0.0413. The van der Waals surface area contributed by atoms with Crippen LogP contribution in [-0.2, 0) is 0 Å². The smallest absolute Gasteiger partial charge is 0.248 e. The third-order valence-electron chi connectivity index (χ3n) is 4.79. The zero-order chi connectivity index (χ0) is 19.8. The standard InChI is InChI=1S/C21H31N5O/c1-13-7-14(2)9-16(8-13)27-19-17(22)18(23-12-24-19)25-15-10-20(3,4)26-21(5,6)11-15/h7-9,12,15,26H,10-11,22H2,1-6H3,(H,23,24,25). The molecule has 1 aromatic heterocycles. The Kier molecular flexibility index (Phi) is 5.04. The van der Waals surface area contributed by atoms with Crippen molar-refractivity contribution in [1.82, 2.24) is 15.3 Å². The minimum absolute atomic E-state index is 0.0413. The Morgan fingerprint density at radius 2 is 1.63 bits per heavy atom. The Labute approximate surface area is 161 Å². The molecule has 1 aliphatic rings. The van der Waals surface area contributed by atoms with E-state index in [1.165, 1.54) is 6.33 Å². The maximum atomic E-state index is 6.33. The number of nitrogens with one attached hydrogen (secondary N) is 2. The molecular formula is C21H31N5O. The van der Waals surface area contributed by atoms with Crippen molar-refractivity contribution < 1.29 is 4.74 Å². The number of ether oxygens (including phenoxy) is 1.